The monoisotopic (exact) mass is 357 g/mol. The summed E-state index contributed by atoms with van der Waals surface area (Å²) < 4.78 is 72.7. The quantitative estimate of drug-likeness (QED) is 0.403. The van der Waals surface area contributed by atoms with Crippen LogP contribution in [0.4, 0.5) is 26.3 Å². The summed E-state index contributed by atoms with van der Waals surface area (Å²) in [7, 11) is 0. The summed E-state index contributed by atoms with van der Waals surface area (Å²) in [5, 5.41) is 0. The number of rotatable bonds is 0. The van der Waals surface area contributed by atoms with Crippen molar-refractivity contribution in [1.82, 2.24) is 0 Å². The fourth-order valence-electron chi connectivity index (χ4n) is 1.11. The van der Waals surface area contributed by atoms with Crippen LogP contribution in [0, 0.1) is 0 Å². The van der Waals surface area contributed by atoms with Crippen LogP contribution in [-0.4, -0.2) is 21.8 Å². The fourth-order valence-corrected chi connectivity index (χ4v) is 2.06. The van der Waals surface area contributed by atoms with E-state index in [9.17, 15) is 26.3 Å². The molecule has 1 aliphatic carbocycles. The van der Waals surface area contributed by atoms with Gasteiger partial charge < -0.3 is 5.73 Å². The maximum Gasteiger partial charge on any atom is 0.416 e. The molecule has 2 atom stereocenters. The standard InChI is InChI=1S/C8H6F6IN/c9-7(10,11)4-1-2-6(16,5(15)3-4)8(12,13)14/h1-3,5H,16H2. The summed E-state index contributed by atoms with van der Waals surface area (Å²) >= 11 is 1.24. The fraction of sp³-hybridized carbons (Fsp3) is 0.500. The van der Waals surface area contributed by atoms with E-state index in [0.29, 0.717) is 18.2 Å². The van der Waals surface area contributed by atoms with Gasteiger partial charge in [-0.15, -0.1) is 0 Å². The highest BCUT2D eigenvalue weighted by atomic mass is 127. The van der Waals surface area contributed by atoms with Crippen LogP contribution in [0.15, 0.2) is 23.8 Å². The Labute approximate surface area is 101 Å². The minimum Gasteiger partial charge on any atom is -0.313 e. The Hall–Kier alpha value is -0.250. The van der Waals surface area contributed by atoms with Crippen LogP contribution in [0.25, 0.3) is 0 Å². The van der Waals surface area contributed by atoms with Crippen molar-refractivity contribution in [3.05, 3.63) is 23.8 Å². The van der Waals surface area contributed by atoms with Crippen LogP contribution in [0.3, 0.4) is 0 Å². The molecule has 0 saturated carbocycles. The SMILES string of the molecule is NC1(C(F)(F)F)C=CC(C(F)(F)F)=CC1I. The molecule has 1 aliphatic rings. The molecule has 0 fully saturated rings. The highest BCUT2D eigenvalue weighted by molar-refractivity contribution is 14.1. The van der Waals surface area contributed by atoms with Gasteiger partial charge in [-0.05, 0) is 0 Å². The average molecular weight is 357 g/mol. The van der Waals surface area contributed by atoms with E-state index in [1.54, 1.807) is 0 Å². The third kappa shape index (κ3) is 2.36. The largest absolute Gasteiger partial charge is 0.416 e. The molecule has 16 heavy (non-hydrogen) atoms. The van der Waals surface area contributed by atoms with Crippen molar-refractivity contribution in [1.29, 1.82) is 0 Å². The van der Waals surface area contributed by atoms with E-state index in [2.05, 4.69) is 0 Å². The number of hydrogen-bond acceptors (Lipinski definition) is 1. The molecule has 1 nitrogen and oxygen atoms in total. The smallest absolute Gasteiger partial charge is 0.313 e. The van der Waals surface area contributed by atoms with Crippen LogP contribution < -0.4 is 5.73 Å². The predicted octanol–water partition coefficient (Wildman–Crippen LogP) is 3.11. The van der Waals surface area contributed by atoms with Gasteiger partial charge in [-0.1, -0.05) is 40.8 Å². The normalized spacial score (nSPS) is 31.5. The second-order valence-electron chi connectivity index (χ2n) is 3.29. The van der Waals surface area contributed by atoms with Crippen molar-refractivity contribution in [3.63, 3.8) is 0 Å². The van der Waals surface area contributed by atoms with Crippen molar-refractivity contribution in [2.45, 2.75) is 21.8 Å². The third-order valence-corrected chi connectivity index (χ3v) is 3.53. The van der Waals surface area contributed by atoms with Crippen LogP contribution in [-0.2, 0) is 0 Å². The summed E-state index contributed by atoms with van der Waals surface area (Å²) in [5.74, 6) is 0. The molecule has 0 aromatic rings. The van der Waals surface area contributed by atoms with Gasteiger partial charge in [0, 0.05) is 0 Å². The molecule has 92 valence electrons. The van der Waals surface area contributed by atoms with Gasteiger partial charge in [-0.3, -0.25) is 0 Å². The van der Waals surface area contributed by atoms with E-state index >= 15 is 0 Å². The number of halogens is 7. The van der Waals surface area contributed by atoms with E-state index in [1.807, 2.05) is 0 Å². The van der Waals surface area contributed by atoms with Gasteiger partial charge in [0.1, 0.15) is 5.54 Å². The Morgan fingerprint density at radius 2 is 1.69 bits per heavy atom. The van der Waals surface area contributed by atoms with E-state index < -0.39 is 27.4 Å². The second kappa shape index (κ2) is 3.90. The molecule has 0 spiro atoms. The van der Waals surface area contributed by atoms with E-state index in [4.69, 9.17) is 5.73 Å². The van der Waals surface area contributed by atoms with Crippen molar-refractivity contribution in [2.24, 2.45) is 5.73 Å². The van der Waals surface area contributed by atoms with Crippen LogP contribution >= 0.6 is 22.6 Å². The Bertz CT molecular complexity index is 341. The summed E-state index contributed by atoms with van der Waals surface area (Å²) in [5.41, 5.74) is 1.19. The Morgan fingerprint density at radius 3 is 2.00 bits per heavy atom. The maximum absolute atomic E-state index is 12.5. The Morgan fingerprint density at radius 1 is 1.19 bits per heavy atom. The summed E-state index contributed by atoms with van der Waals surface area (Å²) in [6.45, 7) is 0. The lowest BCUT2D eigenvalue weighted by molar-refractivity contribution is -0.169. The van der Waals surface area contributed by atoms with Crippen molar-refractivity contribution >= 4 is 22.6 Å². The first-order valence-electron chi connectivity index (χ1n) is 3.96. The minimum atomic E-state index is -4.79. The van der Waals surface area contributed by atoms with Gasteiger partial charge in [0.25, 0.3) is 0 Å². The molecule has 0 bridgehead atoms. The predicted molar refractivity (Wildman–Crippen MR) is 54.1 cm³/mol. The average Bonchev–Trinajstić information content (AvgIpc) is 2.05. The molecule has 0 aromatic carbocycles. The zero-order chi connectivity index (χ0) is 12.8. The zero-order valence-corrected chi connectivity index (χ0v) is 9.69. The molecule has 0 heterocycles. The molecular weight excluding hydrogens is 351 g/mol. The van der Waals surface area contributed by atoms with E-state index in [1.165, 1.54) is 22.6 Å². The number of alkyl halides is 7. The molecule has 0 saturated heterocycles. The highest BCUT2D eigenvalue weighted by Gasteiger charge is 2.55. The highest BCUT2D eigenvalue weighted by Crippen LogP contribution is 2.41. The lowest BCUT2D eigenvalue weighted by Crippen LogP contribution is -2.58. The lowest BCUT2D eigenvalue weighted by atomic mass is 9.89. The Balaban J connectivity index is 3.07. The summed E-state index contributed by atoms with van der Waals surface area (Å²) in [6, 6.07) is 0. The summed E-state index contributed by atoms with van der Waals surface area (Å²) in [6.07, 6.45) is -8.25. The molecule has 2 unspecified atom stereocenters. The van der Waals surface area contributed by atoms with Crippen molar-refractivity contribution < 1.29 is 26.3 Å². The van der Waals surface area contributed by atoms with Gasteiger partial charge in [0.15, 0.2) is 0 Å². The number of hydrogen-bond donors (Lipinski definition) is 1. The minimum absolute atomic E-state index is 0.354. The van der Waals surface area contributed by atoms with Crippen LogP contribution in [0.1, 0.15) is 0 Å². The topological polar surface area (TPSA) is 26.0 Å². The number of allylic oxidation sites excluding steroid dienone is 2. The number of nitrogens with two attached hydrogens (primary N) is 1. The molecule has 1 rings (SSSR count). The zero-order valence-electron chi connectivity index (χ0n) is 7.53. The van der Waals surface area contributed by atoms with E-state index in [0.717, 1.165) is 0 Å². The van der Waals surface area contributed by atoms with Crippen LogP contribution in [0.2, 0.25) is 0 Å². The Kier molecular flexibility index (Phi) is 3.36. The van der Waals surface area contributed by atoms with Crippen molar-refractivity contribution in [3.8, 4) is 0 Å². The third-order valence-electron chi connectivity index (χ3n) is 2.14. The van der Waals surface area contributed by atoms with Gasteiger partial charge in [0.2, 0.25) is 0 Å². The maximum atomic E-state index is 12.5. The van der Waals surface area contributed by atoms with Gasteiger partial charge in [-0.2, -0.15) is 26.3 Å². The first-order chi connectivity index (χ1) is 6.98. The molecule has 0 radical (unpaired) electrons. The van der Waals surface area contributed by atoms with Gasteiger partial charge in [0.05, 0.1) is 9.50 Å². The second-order valence-corrected chi connectivity index (χ2v) is 4.63. The molecule has 2 N–H and O–H groups in total. The molecule has 0 amide bonds. The molecular formula is C8H6F6IN. The summed E-state index contributed by atoms with van der Waals surface area (Å²) in [4.78, 5) is 0. The van der Waals surface area contributed by atoms with Crippen LogP contribution in [0.5, 0.6) is 0 Å². The first-order valence-corrected chi connectivity index (χ1v) is 5.21. The lowest BCUT2D eigenvalue weighted by Gasteiger charge is -2.34. The van der Waals surface area contributed by atoms with E-state index in [-0.39, 0.29) is 0 Å². The van der Waals surface area contributed by atoms with Gasteiger partial charge in [-0.25, -0.2) is 0 Å². The molecule has 8 heteroatoms. The molecule has 0 aromatic heterocycles. The first kappa shape index (κ1) is 13.8. The van der Waals surface area contributed by atoms with Crippen molar-refractivity contribution in [2.75, 3.05) is 0 Å². The molecule has 0 aliphatic heterocycles. The van der Waals surface area contributed by atoms with Gasteiger partial charge >= 0.3 is 12.4 Å².